The Bertz CT molecular complexity index is 1740. The predicted molar refractivity (Wildman–Crippen MR) is 118 cm³/mol. The maximum atomic E-state index is 14.3. The van der Waals surface area contributed by atoms with E-state index < -0.39 is 64.0 Å². The van der Waals surface area contributed by atoms with Crippen molar-refractivity contribution in [3.63, 3.8) is 0 Å². The van der Waals surface area contributed by atoms with Crippen LogP contribution < -0.4 is 5.56 Å². The first-order chi connectivity index (χ1) is 18.2. The Labute approximate surface area is 213 Å². The van der Waals surface area contributed by atoms with Gasteiger partial charge in [-0.3, -0.25) is 4.79 Å². The second-order valence-electron chi connectivity index (χ2n) is 8.07. The van der Waals surface area contributed by atoms with Gasteiger partial charge in [-0.15, -0.1) is 0 Å². The zero-order valence-electron chi connectivity index (χ0n) is 19.1. The van der Waals surface area contributed by atoms with Crippen LogP contribution in [0.5, 0.6) is 0 Å². The van der Waals surface area contributed by atoms with Gasteiger partial charge in [-0.1, -0.05) is 6.07 Å². The Balaban J connectivity index is 1.91. The van der Waals surface area contributed by atoms with Gasteiger partial charge in [0.05, 0.1) is 46.9 Å². The summed E-state index contributed by atoms with van der Waals surface area (Å²) in [5.74, 6) is -2.04. The maximum absolute atomic E-state index is 14.3. The Morgan fingerprint density at radius 1 is 0.872 bits per heavy atom. The fourth-order valence-electron chi connectivity index (χ4n) is 3.81. The summed E-state index contributed by atoms with van der Waals surface area (Å²) in [5, 5.41) is 22.3. The first-order valence-corrected chi connectivity index (χ1v) is 10.6. The third-order valence-electron chi connectivity index (χ3n) is 5.63. The molecule has 0 aliphatic carbocycles. The zero-order valence-corrected chi connectivity index (χ0v) is 19.1. The SMILES string of the molecule is N#Cc1cc(-n2cc(-c3cc(C(F)(F)F)c(C#N)c(=O)n3Cc3ccc(F)cc3F)cn2)ccc1C(F)(F)F. The topological polar surface area (TPSA) is 87.4 Å². The molecule has 0 saturated heterocycles. The van der Waals surface area contributed by atoms with Crippen molar-refractivity contribution in [1.29, 1.82) is 10.5 Å². The first-order valence-electron chi connectivity index (χ1n) is 10.6. The van der Waals surface area contributed by atoms with E-state index in [9.17, 15) is 45.2 Å². The Morgan fingerprint density at radius 3 is 2.15 bits per heavy atom. The molecule has 0 unspecified atom stereocenters. The number of nitriles is 2. The average molecular weight is 549 g/mol. The highest BCUT2D eigenvalue weighted by molar-refractivity contribution is 5.62. The number of nitrogens with zero attached hydrogens (tertiary/aromatic N) is 5. The molecular weight excluding hydrogens is 538 g/mol. The highest BCUT2D eigenvalue weighted by atomic mass is 19.4. The lowest BCUT2D eigenvalue weighted by molar-refractivity contribution is -0.138. The minimum absolute atomic E-state index is 0.0611. The predicted octanol–water partition coefficient (Wildman–Crippen LogP) is 5.81. The number of pyridine rings is 1. The molecule has 39 heavy (non-hydrogen) atoms. The van der Waals surface area contributed by atoms with Crippen molar-refractivity contribution in [2.45, 2.75) is 18.9 Å². The van der Waals surface area contributed by atoms with Crippen LogP contribution in [0.4, 0.5) is 35.1 Å². The van der Waals surface area contributed by atoms with E-state index >= 15 is 0 Å². The number of hydrogen-bond donors (Lipinski definition) is 0. The van der Waals surface area contributed by atoms with Crippen molar-refractivity contribution in [2.24, 2.45) is 0 Å². The molecule has 0 bridgehead atoms. The Kier molecular flexibility index (Phi) is 6.74. The second kappa shape index (κ2) is 9.72. The average Bonchev–Trinajstić information content (AvgIpc) is 3.35. The van der Waals surface area contributed by atoms with Crippen LogP contribution in [0.3, 0.4) is 0 Å². The van der Waals surface area contributed by atoms with E-state index in [2.05, 4.69) is 5.10 Å². The van der Waals surface area contributed by atoms with Crippen LogP contribution in [0.15, 0.2) is 59.7 Å². The molecule has 2 aromatic carbocycles. The van der Waals surface area contributed by atoms with Crippen molar-refractivity contribution in [3.05, 3.63) is 105 Å². The van der Waals surface area contributed by atoms with Gasteiger partial charge in [-0.2, -0.15) is 42.0 Å². The summed E-state index contributed by atoms with van der Waals surface area (Å²) in [6.07, 6.45) is -7.89. The fourth-order valence-corrected chi connectivity index (χ4v) is 3.81. The summed E-state index contributed by atoms with van der Waals surface area (Å²) >= 11 is 0. The fraction of sp³-hybridized carbons (Fsp3) is 0.120. The minimum atomic E-state index is -5.13. The summed E-state index contributed by atoms with van der Waals surface area (Å²) < 4.78 is 110. The Hall–Kier alpha value is -4.98. The lowest BCUT2D eigenvalue weighted by Gasteiger charge is -2.17. The molecule has 0 saturated carbocycles. The maximum Gasteiger partial charge on any atom is 0.417 e. The van der Waals surface area contributed by atoms with Crippen molar-refractivity contribution in [1.82, 2.24) is 14.3 Å². The molecule has 0 N–H and O–H groups in total. The highest BCUT2D eigenvalue weighted by Crippen LogP contribution is 2.35. The molecular formula is C25H11F8N5O. The van der Waals surface area contributed by atoms with Crippen LogP contribution in [0.1, 0.15) is 27.8 Å². The largest absolute Gasteiger partial charge is 0.417 e. The van der Waals surface area contributed by atoms with E-state index in [0.29, 0.717) is 22.8 Å². The van der Waals surface area contributed by atoms with E-state index in [1.165, 1.54) is 12.1 Å². The second-order valence-corrected chi connectivity index (χ2v) is 8.07. The number of aromatic nitrogens is 3. The molecule has 6 nitrogen and oxygen atoms in total. The standard InChI is InChI=1S/C25H11F8N5O/c26-16-2-1-13(21(27)6-16)11-37-22(7-20(25(31,32)33)18(9-35)23(37)39)15-10-36-38(12-15)17-3-4-19(24(28,29)30)14(5-17)8-34/h1-7,10,12H,11H2. The minimum Gasteiger partial charge on any atom is -0.302 e. The summed E-state index contributed by atoms with van der Waals surface area (Å²) in [5.41, 5.74) is -7.17. The van der Waals surface area contributed by atoms with Crippen molar-refractivity contribution < 1.29 is 35.1 Å². The van der Waals surface area contributed by atoms with Crippen molar-refractivity contribution in [3.8, 4) is 29.1 Å². The van der Waals surface area contributed by atoms with Gasteiger partial charge in [0.25, 0.3) is 5.56 Å². The molecule has 0 radical (unpaired) electrons. The molecule has 14 heteroatoms. The van der Waals surface area contributed by atoms with Gasteiger partial charge in [-0.25, -0.2) is 13.5 Å². The highest BCUT2D eigenvalue weighted by Gasteiger charge is 2.37. The summed E-state index contributed by atoms with van der Waals surface area (Å²) in [6, 6.07) is 7.92. The summed E-state index contributed by atoms with van der Waals surface area (Å²) in [6.45, 7) is -0.697. The van der Waals surface area contributed by atoms with Gasteiger partial charge in [0.2, 0.25) is 0 Å². The van der Waals surface area contributed by atoms with Crippen molar-refractivity contribution >= 4 is 0 Å². The molecule has 0 amide bonds. The van der Waals surface area contributed by atoms with E-state index in [0.717, 1.165) is 41.3 Å². The molecule has 198 valence electrons. The number of rotatable bonds is 4. The zero-order chi connectivity index (χ0) is 28.7. The normalized spacial score (nSPS) is 11.7. The van der Waals surface area contributed by atoms with E-state index in [-0.39, 0.29) is 16.8 Å². The number of halogens is 8. The smallest absolute Gasteiger partial charge is 0.302 e. The molecule has 0 atom stereocenters. The third-order valence-corrected chi connectivity index (χ3v) is 5.63. The monoisotopic (exact) mass is 549 g/mol. The lowest BCUT2D eigenvalue weighted by Crippen LogP contribution is -2.29. The molecule has 4 aromatic rings. The van der Waals surface area contributed by atoms with E-state index in [1.54, 1.807) is 0 Å². The molecule has 4 rings (SSSR count). The quantitative estimate of drug-likeness (QED) is 0.301. The summed E-state index contributed by atoms with van der Waals surface area (Å²) in [4.78, 5) is 13.0. The van der Waals surface area contributed by atoms with Gasteiger partial charge in [-0.05, 0) is 30.3 Å². The lowest BCUT2D eigenvalue weighted by atomic mass is 10.1. The molecule has 2 heterocycles. The van der Waals surface area contributed by atoms with Gasteiger partial charge in [0.15, 0.2) is 0 Å². The van der Waals surface area contributed by atoms with Crippen molar-refractivity contribution in [2.75, 3.05) is 0 Å². The first kappa shape index (κ1) is 27.1. The molecule has 0 fully saturated rings. The number of alkyl halides is 6. The van der Waals surface area contributed by atoms with Crippen LogP contribution in [0, 0.1) is 34.3 Å². The third kappa shape index (κ3) is 5.22. The van der Waals surface area contributed by atoms with Crippen LogP contribution in [-0.4, -0.2) is 14.3 Å². The van der Waals surface area contributed by atoms with Gasteiger partial charge in [0.1, 0.15) is 23.3 Å². The molecule has 2 aromatic heterocycles. The summed E-state index contributed by atoms with van der Waals surface area (Å²) in [7, 11) is 0. The molecule has 0 aliphatic rings. The number of benzene rings is 2. The molecule has 0 aliphatic heterocycles. The molecule has 0 spiro atoms. The Morgan fingerprint density at radius 2 is 1.56 bits per heavy atom. The van der Waals surface area contributed by atoms with Gasteiger partial charge >= 0.3 is 12.4 Å². The van der Waals surface area contributed by atoms with E-state index in [1.807, 2.05) is 0 Å². The number of hydrogen-bond acceptors (Lipinski definition) is 4. The van der Waals surface area contributed by atoms with Gasteiger partial charge < -0.3 is 4.57 Å². The van der Waals surface area contributed by atoms with Crippen LogP contribution in [0.2, 0.25) is 0 Å². The van der Waals surface area contributed by atoms with Crippen LogP contribution >= 0.6 is 0 Å². The van der Waals surface area contributed by atoms with Gasteiger partial charge in [0, 0.05) is 23.4 Å². The van der Waals surface area contributed by atoms with Crippen LogP contribution in [0.25, 0.3) is 16.9 Å². The van der Waals surface area contributed by atoms with Crippen LogP contribution in [-0.2, 0) is 18.9 Å². The van der Waals surface area contributed by atoms with E-state index in [4.69, 9.17) is 5.26 Å².